The monoisotopic (exact) mass is 312 g/mol. The smallest absolute Gasteiger partial charge is 0.123 e. The van der Waals surface area contributed by atoms with E-state index in [-0.39, 0.29) is 5.60 Å². The van der Waals surface area contributed by atoms with E-state index in [1.807, 2.05) is 18.2 Å². The summed E-state index contributed by atoms with van der Waals surface area (Å²) in [7, 11) is 0. The van der Waals surface area contributed by atoms with Crippen LogP contribution in [0.4, 0.5) is 0 Å². The number of rotatable bonds is 8. The molecule has 2 aromatic carbocycles. The Morgan fingerprint density at radius 1 is 0.957 bits per heavy atom. The predicted molar refractivity (Wildman–Crippen MR) is 96.2 cm³/mol. The number of hydrogen-bond acceptors (Lipinski definition) is 2. The van der Waals surface area contributed by atoms with E-state index in [9.17, 15) is 5.11 Å². The fraction of sp³-hybridized carbons (Fsp3) is 0.429. The van der Waals surface area contributed by atoms with E-state index in [1.54, 1.807) is 12.1 Å². The van der Waals surface area contributed by atoms with E-state index < -0.39 is 0 Å². The molecule has 0 unspecified atom stereocenters. The third-order valence-electron chi connectivity index (χ3n) is 3.97. The number of aryl methyl sites for hydroxylation is 1. The van der Waals surface area contributed by atoms with Crippen LogP contribution in [0.25, 0.3) is 0 Å². The van der Waals surface area contributed by atoms with Crippen LogP contribution in [0.1, 0.15) is 51.2 Å². The number of benzene rings is 2. The summed E-state index contributed by atoms with van der Waals surface area (Å²) >= 11 is 0. The summed E-state index contributed by atoms with van der Waals surface area (Å²) in [6.45, 7) is 6.45. The van der Waals surface area contributed by atoms with Gasteiger partial charge in [0.15, 0.2) is 0 Å². The molecule has 2 rings (SSSR count). The van der Waals surface area contributed by atoms with Gasteiger partial charge in [0.25, 0.3) is 0 Å². The first-order valence-corrected chi connectivity index (χ1v) is 8.55. The van der Waals surface area contributed by atoms with Crippen molar-refractivity contribution in [1.29, 1.82) is 0 Å². The normalized spacial score (nSPS) is 11.4. The average Bonchev–Trinajstić information content (AvgIpc) is 2.51. The highest BCUT2D eigenvalue weighted by Crippen LogP contribution is 2.27. The van der Waals surface area contributed by atoms with Crippen LogP contribution in [0, 0.1) is 0 Å². The van der Waals surface area contributed by atoms with E-state index in [1.165, 1.54) is 24.8 Å². The van der Waals surface area contributed by atoms with Gasteiger partial charge in [-0.25, -0.2) is 0 Å². The quantitative estimate of drug-likeness (QED) is 0.650. The Hall–Kier alpha value is -1.96. The summed E-state index contributed by atoms with van der Waals surface area (Å²) in [5, 5.41) is 9.40. The molecule has 0 fully saturated rings. The van der Waals surface area contributed by atoms with E-state index in [0.29, 0.717) is 5.75 Å². The number of aromatic hydroxyl groups is 1. The maximum absolute atomic E-state index is 9.40. The lowest BCUT2D eigenvalue weighted by Gasteiger charge is -2.28. The van der Waals surface area contributed by atoms with Gasteiger partial charge in [0.1, 0.15) is 17.1 Å². The lowest BCUT2D eigenvalue weighted by molar-refractivity contribution is 0.108. The van der Waals surface area contributed by atoms with Crippen molar-refractivity contribution in [1.82, 2.24) is 0 Å². The van der Waals surface area contributed by atoms with Crippen LogP contribution in [0.5, 0.6) is 11.5 Å². The maximum Gasteiger partial charge on any atom is 0.123 e. The highest BCUT2D eigenvalue weighted by Gasteiger charge is 2.21. The van der Waals surface area contributed by atoms with Gasteiger partial charge >= 0.3 is 0 Å². The minimum atomic E-state index is -0.294. The van der Waals surface area contributed by atoms with Gasteiger partial charge in [0.2, 0.25) is 0 Å². The van der Waals surface area contributed by atoms with Crippen LogP contribution in [0.2, 0.25) is 0 Å². The van der Waals surface area contributed by atoms with Crippen LogP contribution in [-0.4, -0.2) is 10.7 Å². The highest BCUT2D eigenvalue weighted by molar-refractivity contribution is 5.34. The minimum absolute atomic E-state index is 0.294. The Balaban J connectivity index is 2.05. The van der Waals surface area contributed by atoms with Crippen molar-refractivity contribution in [2.24, 2.45) is 0 Å². The molecule has 1 N–H and O–H groups in total. The molecule has 0 aliphatic carbocycles. The van der Waals surface area contributed by atoms with Gasteiger partial charge in [-0.1, -0.05) is 50.1 Å². The average molecular weight is 312 g/mol. The first-order valence-electron chi connectivity index (χ1n) is 8.55. The number of phenolic OH excluding ortho intramolecular Hbond substituents is 1. The summed E-state index contributed by atoms with van der Waals surface area (Å²) < 4.78 is 6.34. The van der Waals surface area contributed by atoms with Crippen molar-refractivity contribution in [3.8, 4) is 11.5 Å². The Kier molecular flexibility index (Phi) is 6.09. The highest BCUT2D eigenvalue weighted by atomic mass is 16.5. The molecule has 0 aliphatic heterocycles. The molecule has 124 valence electrons. The van der Waals surface area contributed by atoms with Crippen molar-refractivity contribution in [3.63, 3.8) is 0 Å². The molecule has 2 heteroatoms. The fourth-order valence-electron chi connectivity index (χ4n) is 2.81. The Morgan fingerprint density at radius 3 is 2.35 bits per heavy atom. The third-order valence-corrected chi connectivity index (χ3v) is 3.97. The van der Waals surface area contributed by atoms with Gasteiger partial charge in [-0.15, -0.1) is 0 Å². The zero-order valence-electron chi connectivity index (χ0n) is 14.5. The molecule has 0 radical (unpaired) electrons. The zero-order chi connectivity index (χ0) is 16.7. The number of ether oxygens (including phenoxy) is 1. The molecule has 0 bridgehead atoms. The second-order valence-electron chi connectivity index (χ2n) is 6.77. The molecule has 0 saturated carbocycles. The fourth-order valence-corrected chi connectivity index (χ4v) is 2.81. The van der Waals surface area contributed by atoms with E-state index in [2.05, 4.69) is 39.0 Å². The molecule has 0 spiro atoms. The summed E-state index contributed by atoms with van der Waals surface area (Å²) in [4.78, 5) is 0. The Bertz CT molecular complexity index is 599. The first kappa shape index (κ1) is 17.4. The summed E-state index contributed by atoms with van der Waals surface area (Å²) in [5.41, 5.74) is 2.16. The van der Waals surface area contributed by atoms with Crippen molar-refractivity contribution >= 4 is 0 Å². The summed E-state index contributed by atoms with van der Waals surface area (Å²) in [6, 6.07) is 15.7. The number of unbranched alkanes of at least 4 members (excludes halogenated alkanes) is 2. The molecule has 23 heavy (non-hydrogen) atoms. The van der Waals surface area contributed by atoms with Gasteiger partial charge in [-0.05, 0) is 56.0 Å². The largest absolute Gasteiger partial charge is 0.508 e. The van der Waals surface area contributed by atoms with Crippen LogP contribution in [0.3, 0.4) is 0 Å². The van der Waals surface area contributed by atoms with E-state index in [0.717, 1.165) is 24.2 Å². The van der Waals surface area contributed by atoms with Gasteiger partial charge in [0.05, 0.1) is 0 Å². The van der Waals surface area contributed by atoms with Gasteiger partial charge < -0.3 is 9.84 Å². The molecule has 0 amide bonds. The Morgan fingerprint density at radius 2 is 1.65 bits per heavy atom. The topological polar surface area (TPSA) is 29.5 Å². The van der Waals surface area contributed by atoms with E-state index >= 15 is 0 Å². The van der Waals surface area contributed by atoms with Gasteiger partial charge in [-0.2, -0.15) is 0 Å². The summed E-state index contributed by atoms with van der Waals surface area (Å²) in [5.74, 6) is 1.29. The summed E-state index contributed by atoms with van der Waals surface area (Å²) in [6.07, 6.45) is 5.56. The molecular formula is C21H28O2. The van der Waals surface area contributed by atoms with Crippen LogP contribution < -0.4 is 4.74 Å². The molecule has 0 atom stereocenters. The van der Waals surface area contributed by atoms with Crippen molar-refractivity contribution in [2.45, 2.75) is 58.5 Å². The zero-order valence-corrected chi connectivity index (χ0v) is 14.5. The molecular weight excluding hydrogens is 284 g/mol. The number of para-hydroxylation sites is 1. The Labute approximate surface area is 140 Å². The minimum Gasteiger partial charge on any atom is -0.508 e. The molecule has 0 heterocycles. The van der Waals surface area contributed by atoms with Crippen molar-refractivity contribution in [2.75, 3.05) is 0 Å². The van der Waals surface area contributed by atoms with Crippen molar-refractivity contribution < 1.29 is 9.84 Å². The lowest BCUT2D eigenvalue weighted by Crippen LogP contribution is -2.31. The SMILES string of the molecule is CCCCCc1ccccc1OC(C)(C)Cc1ccc(O)cc1. The van der Waals surface area contributed by atoms with Crippen LogP contribution in [-0.2, 0) is 12.8 Å². The standard InChI is InChI=1S/C21H28O2/c1-4-5-6-9-18-10-7-8-11-20(18)23-21(2,3)16-17-12-14-19(22)15-13-17/h7-8,10-15,22H,4-6,9,16H2,1-3H3. The number of hydrogen-bond donors (Lipinski definition) is 1. The van der Waals surface area contributed by atoms with Crippen LogP contribution >= 0.6 is 0 Å². The van der Waals surface area contributed by atoms with E-state index in [4.69, 9.17) is 4.74 Å². The third kappa shape index (κ3) is 5.63. The van der Waals surface area contributed by atoms with Gasteiger partial charge in [-0.3, -0.25) is 0 Å². The van der Waals surface area contributed by atoms with Crippen molar-refractivity contribution in [3.05, 3.63) is 59.7 Å². The number of phenols is 1. The van der Waals surface area contributed by atoms with Gasteiger partial charge in [0, 0.05) is 6.42 Å². The molecule has 0 aliphatic rings. The first-order chi connectivity index (χ1) is 11.0. The second kappa shape index (κ2) is 8.05. The second-order valence-corrected chi connectivity index (χ2v) is 6.77. The van der Waals surface area contributed by atoms with Crippen LogP contribution in [0.15, 0.2) is 48.5 Å². The molecule has 2 nitrogen and oxygen atoms in total. The molecule has 0 aromatic heterocycles. The maximum atomic E-state index is 9.40. The molecule has 2 aromatic rings. The lowest BCUT2D eigenvalue weighted by atomic mass is 9.97. The predicted octanol–water partition coefficient (Wildman–Crippen LogP) is 5.53. The molecule has 0 saturated heterocycles.